The molecule has 0 atom stereocenters. The molecule has 5 aromatic rings. The highest BCUT2D eigenvalue weighted by atomic mass is 16.5. The van der Waals surface area contributed by atoms with Crippen molar-refractivity contribution in [3.63, 3.8) is 0 Å². The van der Waals surface area contributed by atoms with Gasteiger partial charge in [0.15, 0.2) is 5.82 Å². The highest BCUT2D eigenvalue weighted by Gasteiger charge is 2.11. The Morgan fingerprint density at radius 2 is 1.59 bits per heavy atom. The summed E-state index contributed by atoms with van der Waals surface area (Å²) in [5, 5.41) is 1.88. The van der Waals surface area contributed by atoms with Gasteiger partial charge in [-0.15, -0.1) is 0 Å². The molecular formula is C22H14N4O. The minimum atomic E-state index is 0.524. The van der Waals surface area contributed by atoms with Crippen molar-refractivity contribution in [2.45, 2.75) is 0 Å². The fourth-order valence-corrected chi connectivity index (χ4v) is 2.98. The van der Waals surface area contributed by atoms with E-state index in [0.29, 0.717) is 17.5 Å². The van der Waals surface area contributed by atoms with Crippen LogP contribution in [0.5, 0.6) is 11.6 Å². The summed E-state index contributed by atoms with van der Waals surface area (Å²) >= 11 is 0. The number of aromatic nitrogens is 4. The van der Waals surface area contributed by atoms with Gasteiger partial charge in [-0.25, -0.2) is 4.98 Å². The van der Waals surface area contributed by atoms with Crippen LogP contribution in [0.1, 0.15) is 0 Å². The van der Waals surface area contributed by atoms with Crippen molar-refractivity contribution in [1.82, 2.24) is 19.9 Å². The summed E-state index contributed by atoms with van der Waals surface area (Å²) in [4.78, 5) is 17.7. The van der Waals surface area contributed by atoms with Crippen LogP contribution in [0.4, 0.5) is 0 Å². The van der Waals surface area contributed by atoms with Gasteiger partial charge in [-0.2, -0.15) is 4.98 Å². The minimum Gasteiger partial charge on any atom is -0.438 e. The van der Waals surface area contributed by atoms with E-state index >= 15 is 0 Å². The number of ether oxygens (including phenoxy) is 1. The lowest BCUT2D eigenvalue weighted by Gasteiger charge is -2.10. The first-order valence-electron chi connectivity index (χ1n) is 8.57. The molecule has 3 heterocycles. The molecule has 0 aliphatic heterocycles. The quantitative estimate of drug-likeness (QED) is 0.456. The molecule has 5 nitrogen and oxygen atoms in total. The fraction of sp³-hybridized carbons (Fsp3) is 0. The molecule has 0 aliphatic rings. The van der Waals surface area contributed by atoms with Crippen molar-refractivity contribution in [2.24, 2.45) is 0 Å². The molecule has 0 unspecified atom stereocenters. The maximum absolute atomic E-state index is 6.17. The number of pyridine rings is 2. The third-order valence-corrected chi connectivity index (χ3v) is 4.30. The number of benzene rings is 2. The molecule has 0 bridgehead atoms. The molecule has 0 saturated heterocycles. The van der Waals surface area contributed by atoms with Crippen LogP contribution in [0.3, 0.4) is 0 Å². The second-order valence-electron chi connectivity index (χ2n) is 6.07. The summed E-state index contributed by atoms with van der Waals surface area (Å²) in [5.74, 6) is 1.84. The molecule has 0 aliphatic carbocycles. The zero-order chi connectivity index (χ0) is 18.1. The molecule has 0 amide bonds. The monoisotopic (exact) mass is 350 g/mol. The summed E-state index contributed by atoms with van der Waals surface area (Å²) in [6, 6.07) is 21.3. The Morgan fingerprint density at radius 1 is 0.704 bits per heavy atom. The van der Waals surface area contributed by atoms with Gasteiger partial charge in [-0.1, -0.05) is 18.2 Å². The molecule has 5 heteroatoms. The maximum atomic E-state index is 6.17. The summed E-state index contributed by atoms with van der Waals surface area (Å²) in [7, 11) is 0. The molecule has 0 fully saturated rings. The van der Waals surface area contributed by atoms with Gasteiger partial charge < -0.3 is 4.74 Å². The van der Waals surface area contributed by atoms with Crippen LogP contribution in [-0.2, 0) is 0 Å². The number of fused-ring (bicyclic) bond motifs is 2. The van der Waals surface area contributed by atoms with Crippen LogP contribution in [-0.4, -0.2) is 19.9 Å². The average Bonchev–Trinajstić information content (AvgIpc) is 2.74. The Balaban J connectivity index is 1.64. The third kappa shape index (κ3) is 2.95. The summed E-state index contributed by atoms with van der Waals surface area (Å²) < 4.78 is 6.17. The lowest BCUT2D eigenvalue weighted by atomic mass is 10.2. The van der Waals surface area contributed by atoms with Gasteiger partial charge in [0.05, 0.1) is 16.4 Å². The van der Waals surface area contributed by atoms with E-state index in [4.69, 9.17) is 4.74 Å². The van der Waals surface area contributed by atoms with Gasteiger partial charge in [0, 0.05) is 29.5 Å². The molecule has 0 saturated carbocycles. The van der Waals surface area contributed by atoms with Crippen molar-refractivity contribution in [2.75, 3.05) is 0 Å². The van der Waals surface area contributed by atoms with Crippen LogP contribution in [0.15, 0.2) is 85.3 Å². The van der Waals surface area contributed by atoms with Crippen LogP contribution >= 0.6 is 0 Å². The van der Waals surface area contributed by atoms with Gasteiger partial charge in [-0.3, -0.25) is 9.97 Å². The van der Waals surface area contributed by atoms with E-state index in [1.165, 1.54) is 0 Å². The first-order valence-corrected chi connectivity index (χ1v) is 8.57. The van der Waals surface area contributed by atoms with Crippen molar-refractivity contribution in [3.8, 4) is 23.0 Å². The predicted molar refractivity (Wildman–Crippen MR) is 105 cm³/mol. The molecule has 0 N–H and O–H groups in total. The van der Waals surface area contributed by atoms with Crippen molar-refractivity contribution >= 4 is 21.8 Å². The van der Waals surface area contributed by atoms with E-state index in [-0.39, 0.29) is 0 Å². The first-order chi connectivity index (χ1) is 13.4. The SMILES string of the molecule is c1cnc2ccc(Oc3nc(-c4ccncc4)nc4ccccc34)cc2c1. The Hall–Kier alpha value is -3.86. The number of nitrogens with zero attached hydrogens (tertiary/aromatic N) is 4. The maximum Gasteiger partial charge on any atom is 0.230 e. The largest absolute Gasteiger partial charge is 0.438 e. The van der Waals surface area contributed by atoms with E-state index in [9.17, 15) is 0 Å². The summed E-state index contributed by atoms with van der Waals surface area (Å²) in [5.41, 5.74) is 2.65. The van der Waals surface area contributed by atoms with Gasteiger partial charge in [-0.05, 0) is 48.5 Å². The van der Waals surface area contributed by atoms with E-state index in [1.54, 1.807) is 18.6 Å². The number of hydrogen-bond donors (Lipinski definition) is 0. The summed E-state index contributed by atoms with van der Waals surface area (Å²) in [6.45, 7) is 0. The standard InChI is InChI=1S/C22H14N4O/c1-2-6-20-18(5-1)22(26-21(25-20)15-9-12-23-13-10-15)27-17-7-8-19-16(14-17)4-3-11-24-19/h1-14H. The summed E-state index contributed by atoms with van der Waals surface area (Å²) in [6.07, 6.45) is 5.23. The first kappa shape index (κ1) is 15.4. The second-order valence-corrected chi connectivity index (χ2v) is 6.07. The third-order valence-electron chi connectivity index (χ3n) is 4.30. The Bertz CT molecular complexity index is 1260. The smallest absolute Gasteiger partial charge is 0.230 e. The fourth-order valence-electron chi connectivity index (χ4n) is 2.98. The topological polar surface area (TPSA) is 60.8 Å². The van der Waals surface area contributed by atoms with Gasteiger partial charge >= 0.3 is 0 Å². The molecule has 27 heavy (non-hydrogen) atoms. The lowest BCUT2D eigenvalue weighted by molar-refractivity contribution is 0.469. The minimum absolute atomic E-state index is 0.524. The normalized spacial score (nSPS) is 11.0. The molecule has 0 radical (unpaired) electrons. The zero-order valence-corrected chi connectivity index (χ0v) is 14.3. The van der Waals surface area contributed by atoms with Crippen molar-refractivity contribution in [1.29, 1.82) is 0 Å². The molecular weight excluding hydrogens is 336 g/mol. The van der Waals surface area contributed by atoms with Crippen LogP contribution in [0.2, 0.25) is 0 Å². The number of hydrogen-bond acceptors (Lipinski definition) is 5. The molecule has 3 aromatic heterocycles. The lowest BCUT2D eigenvalue weighted by Crippen LogP contribution is -1.96. The van der Waals surface area contributed by atoms with E-state index in [2.05, 4.69) is 19.9 Å². The van der Waals surface area contributed by atoms with Crippen molar-refractivity contribution < 1.29 is 4.74 Å². The Morgan fingerprint density at radius 3 is 2.52 bits per heavy atom. The van der Waals surface area contributed by atoms with Crippen LogP contribution in [0, 0.1) is 0 Å². The zero-order valence-electron chi connectivity index (χ0n) is 14.3. The van der Waals surface area contributed by atoms with Crippen molar-refractivity contribution in [3.05, 3.63) is 85.3 Å². The van der Waals surface area contributed by atoms with Gasteiger partial charge in [0.1, 0.15) is 5.75 Å². The molecule has 128 valence electrons. The predicted octanol–water partition coefficient (Wildman–Crippen LogP) is 5.03. The molecule has 0 spiro atoms. The molecule has 5 rings (SSSR count). The van der Waals surface area contributed by atoms with E-state index in [1.807, 2.05) is 66.7 Å². The highest BCUT2D eigenvalue weighted by molar-refractivity contribution is 5.86. The second kappa shape index (κ2) is 6.46. The number of rotatable bonds is 3. The Kier molecular flexibility index (Phi) is 3.68. The highest BCUT2D eigenvalue weighted by Crippen LogP contribution is 2.31. The van der Waals surface area contributed by atoms with Crippen LogP contribution in [0.25, 0.3) is 33.2 Å². The molecule has 2 aromatic carbocycles. The average molecular weight is 350 g/mol. The van der Waals surface area contributed by atoms with E-state index < -0.39 is 0 Å². The van der Waals surface area contributed by atoms with Crippen LogP contribution < -0.4 is 4.74 Å². The van der Waals surface area contributed by atoms with E-state index in [0.717, 1.165) is 27.4 Å². The Labute approximate surface area is 155 Å². The van der Waals surface area contributed by atoms with Gasteiger partial charge in [0.25, 0.3) is 0 Å². The van der Waals surface area contributed by atoms with Gasteiger partial charge in [0.2, 0.25) is 5.88 Å². The number of para-hydroxylation sites is 1.